The summed E-state index contributed by atoms with van der Waals surface area (Å²) in [5.74, 6) is -1.81. The second-order valence-electron chi connectivity index (χ2n) is 6.32. The molecule has 0 spiro atoms. The van der Waals surface area contributed by atoms with Gasteiger partial charge < -0.3 is 4.42 Å². The molecule has 0 aliphatic heterocycles. The zero-order valence-corrected chi connectivity index (χ0v) is 12.4. The highest BCUT2D eigenvalue weighted by Gasteiger charge is 2.29. The molecule has 0 aliphatic carbocycles. The van der Waals surface area contributed by atoms with Gasteiger partial charge in [0.25, 0.3) is 0 Å². The fourth-order valence-electron chi connectivity index (χ4n) is 2.21. The first-order valence-corrected chi connectivity index (χ1v) is 6.42. The molecule has 0 aliphatic rings. The first kappa shape index (κ1) is 15.5. The van der Waals surface area contributed by atoms with Gasteiger partial charge in [-0.3, -0.25) is 0 Å². The third-order valence-electron chi connectivity index (χ3n) is 3.06. The van der Waals surface area contributed by atoms with Crippen LogP contribution in [-0.4, -0.2) is 9.13 Å². The van der Waals surface area contributed by atoms with Gasteiger partial charge in [-0.25, -0.2) is 23.5 Å². The van der Waals surface area contributed by atoms with E-state index in [0.29, 0.717) is 6.42 Å². The maximum absolute atomic E-state index is 12.4. The smallest absolute Gasteiger partial charge is 0.358 e. The number of aromatic nitrogens is 2. The van der Waals surface area contributed by atoms with Crippen LogP contribution in [0.15, 0.2) is 18.8 Å². The number of rotatable bonds is 3. The molecule has 0 N–H and O–H groups in total. The number of nitrogens with zero attached hydrogens (tertiary/aromatic N) is 2. The van der Waals surface area contributed by atoms with Crippen molar-refractivity contribution in [2.45, 2.75) is 65.5 Å². The Kier molecular flexibility index (Phi) is 3.93. The van der Waals surface area contributed by atoms with Crippen molar-refractivity contribution in [3.8, 4) is 0 Å². The van der Waals surface area contributed by atoms with Gasteiger partial charge in [-0.1, -0.05) is 13.3 Å². The van der Waals surface area contributed by atoms with Gasteiger partial charge >= 0.3 is 17.2 Å². The fourth-order valence-corrected chi connectivity index (χ4v) is 2.21. The third-order valence-corrected chi connectivity index (χ3v) is 3.06. The minimum Gasteiger partial charge on any atom is -0.358 e. The second-order valence-corrected chi connectivity index (χ2v) is 6.32. The monoisotopic (exact) mass is 270 g/mol. The second kappa shape index (κ2) is 4.83. The van der Waals surface area contributed by atoms with Crippen LogP contribution in [0.3, 0.4) is 0 Å². The van der Waals surface area contributed by atoms with Crippen molar-refractivity contribution < 1.29 is 4.42 Å². The van der Waals surface area contributed by atoms with Crippen molar-refractivity contribution >= 4 is 0 Å². The molecular formula is C13H22N2O4. The Hall–Kier alpha value is -1.59. The normalized spacial score (nSPS) is 12.7. The van der Waals surface area contributed by atoms with Crippen molar-refractivity contribution in [3.63, 3.8) is 0 Å². The third kappa shape index (κ3) is 2.88. The lowest BCUT2D eigenvalue weighted by Crippen LogP contribution is -2.56. The molecule has 0 amide bonds. The lowest BCUT2D eigenvalue weighted by atomic mass is 9.99. The Morgan fingerprint density at radius 3 is 1.84 bits per heavy atom. The van der Waals surface area contributed by atoms with Crippen LogP contribution in [0.5, 0.6) is 0 Å². The molecule has 0 saturated heterocycles. The number of hydrogen-bond donors (Lipinski definition) is 0. The molecule has 6 heteroatoms. The predicted molar refractivity (Wildman–Crippen MR) is 72.7 cm³/mol. The molecule has 1 heterocycles. The maximum atomic E-state index is 12.4. The van der Waals surface area contributed by atoms with E-state index in [0.717, 1.165) is 15.6 Å². The molecule has 0 unspecified atom stereocenters. The number of hydrogen-bond acceptors (Lipinski definition) is 4. The first-order valence-electron chi connectivity index (χ1n) is 6.42. The van der Waals surface area contributed by atoms with Crippen LogP contribution in [0, 0.1) is 0 Å². The van der Waals surface area contributed by atoms with Gasteiger partial charge in [0.1, 0.15) is 0 Å². The minimum absolute atomic E-state index is 0.618. The Balaban J connectivity index is 3.75. The summed E-state index contributed by atoms with van der Waals surface area (Å²) in [6.45, 7) is 10.7. The SMILES string of the molecule is CCCC(C)(C)n1c(=O)oc(=O)n(C(C)(C)C)c1=O. The Morgan fingerprint density at radius 1 is 0.947 bits per heavy atom. The average molecular weight is 270 g/mol. The zero-order valence-electron chi connectivity index (χ0n) is 12.4. The van der Waals surface area contributed by atoms with E-state index < -0.39 is 28.3 Å². The van der Waals surface area contributed by atoms with Gasteiger partial charge in [-0.15, -0.1) is 0 Å². The molecule has 1 aromatic heterocycles. The van der Waals surface area contributed by atoms with Gasteiger partial charge in [0.15, 0.2) is 0 Å². The van der Waals surface area contributed by atoms with Gasteiger partial charge in [0, 0.05) is 5.54 Å². The molecule has 0 saturated carbocycles. The topological polar surface area (TPSA) is 74.2 Å². The molecule has 19 heavy (non-hydrogen) atoms. The van der Waals surface area contributed by atoms with Crippen molar-refractivity contribution in [3.05, 3.63) is 31.6 Å². The summed E-state index contributed by atoms with van der Waals surface area (Å²) in [4.78, 5) is 36.0. The van der Waals surface area contributed by atoms with Crippen LogP contribution in [-0.2, 0) is 11.1 Å². The summed E-state index contributed by atoms with van der Waals surface area (Å²) in [6.07, 6.45) is 1.45. The molecule has 0 fully saturated rings. The molecule has 0 radical (unpaired) electrons. The zero-order chi connectivity index (χ0) is 15.0. The van der Waals surface area contributed by atoms with Crippen LogP contribution >= 0.6 is 0 Å². The highest BCUT2D eigenvalue weighted by atomic mass is 16.5. The van der Waals surface area contributed by atoms with Crippen molar-refractivity contribution in [2.24, 2.45) is 0 Å². The molecular weight excluding hydrogens is 248 g/mol. The largest absolute Gasteiger partial charge is 0.427 e. The van der Waals surface area contributed by atoms with E-state index in [-0.39, 0.29) is 0 Å². The molecule has 0 bridgehead atoms. The van der Waals surface area contributed by atoms with Crippen molar-refractivity contribution in [1.29, 1.82) is 0 Å². The summed E-state index contributed by atoms with van der Waals surface area (Å²) >= 11 is 0. The summed E-state index contributed by atoms with van der Waals surface area (Å²) in [5, 5.41) is 0. The molecule has 1 aromatic rings. The predicted octanol–water partition coefficient (Wildman–Crippen LogP) is 1.25. The standard InChI is InChI=1S/C13H22N2O4/c1-7-8-13(5,6)15-9(16)14(12(2,3)4)10(17)19-11(15)18/h7-8H2,1-6H3. The van der Waals surface area contributed by atoms with Crippen LogP contribution < -0.4 is 17.2 Å². The Morgan fingerprint density at radius 2 is 1.42 bits per heavy atom. The summed E-state index contributed by atoms with van der Waals surface area (Å²) in [7, 11) is 0. The quantitative estimate of drug-likeness (QED) is 0.828. The highest BCUT2D eigenvalue weighted by Crippen LogP contribution is 2.17. The molecule has 0 atom stereocenters. The van der Waals surface area contributed by atoms with E-state index in [1.54, 1.807) is 34.6 Å². The molecule has 0 aromatic carbocycles. The van der Waals surface area contributed by atoms with Crippen LogP contribution in [0.2, 0.25) is 0 Å². The highest BCUT2D eigenvalue weighted by molar-refractivity contribution is 4.86. The molecule has 6 nitrogen and oxygen atoms in total. The van der Waals surface area contributed by atoms with Gasteiger partial charge in [0.2, 0.25) is 0 Å². The fraction of sp³-hybridized carbons (Fsp3) is 0.769. The minimum atomic E-state index is -0.911. The van der Waals surface area contributed by atoms with E-state index >= 15 is 0 Å². The van der Waals surface area contributed by atoms with E-state index in [4.69, 9.17) is 4.42 Å². The lowest BCUT2D eigenvalue weighted by Gasteiger charge is -2.28. The van der Waals surface area contributed by atoms with Gasteiger partial charge in [-0.05, 0) is 41.0 Å². The van der Waals surface area contributed by atoms with Crippen LogP contribution in [0.1, 0.15) is 54.4 Å². The van der Waals surface area contributed by atoms with Crippen LogP contribution in [0.25, 0.3) is 0 Å². The van der Waals surface area contributed by atoms with Crippen LogP contribution in [0.4, 0.5) is 0 Å². The van der Waals surface area contributed by atoms with Crippen molar-refractivity contribution in [2.75, 3.05) is 0 Å². The van der Waals surface area contributed by atoms with E-state index in [1.165, 1.54) is 0 Å². The summed E-state index contributed by atoms with van der Waals surface area (Å²) in [6, 6.07) is 0. The van der Waals surface area contributed by atoms with E-state index in [2.05, 4.69) is 0 Å². The summed E-state index contributed by atoms with van der Waals surface area (Å²) < 4.78 is 6.70. The molecule has 108 valence electrons. The van der Waals surface area contributed by atoms with E-state index in [9.17, 15) is 14.4 Å². The maximum Gasteiger partial charge on any atom is 0.427 e. The van der Waals surface area contributed by atoms with Crippen molar-refractivity contribution in [1.82, 2.24) is 9.13 Å². The molecule has 1 rings (SSSR count). The first-order chi connectivity index (χ1) is 8.52. The summed E-state index contributed by atoms with van der Waals surface area (Å²) in [5.41, 5.74) is -2.05. The van der Waals surface area contributed by atoms with Gasteiger partial charge in [-0.2, -0.15) is 0 Å². The van der Waals surface area contributed by atoms with E-state index in [1.807, 2.05) is 6.92 Å². The average Bonchev–Trinajstić information content (AvgIpc) is 2.12. The van der Waals surface area contributed by atoms with Gasteiger partial charge in [0.05, 0.1) is 5.54 Å². The Labute approximate surface area is 111 Å². The Bertz CT molecular complexity index is 626. The lowest BCUT2D eigenvalue weighted by molar-refractivity contribution is 0.198.